The third-order valence-corrected chi connectivity index (χ3v) is 1.99. The third kappa shape index (κ3) is 1.59. The Morgan fingerprint density at radius 3 is 2.69 bits per heavy atom. The van der Waals surface area contributed by atoms with Crippen LogP contribution < -0.4 is 0 Å². The van der Waals surface area contributed by atoms with E-state index in [1.54, 1.807) is 0 Å². The van der Waals surface area contributed by atoms with E-state index < -0.39 is 0 Å². The van der Waals surface area contributed by atoms with Gasteiger partial charge in [0.2, 0.25) is 0 Å². The van der Waals surface area contributed by atoms with Gasteiger partial charge in [0.05, 0.1) is 5.69 Å². The Kier molecular flexibility index (Phi) is 2.09. The van der Waals surface area contributed by atoms with Gasteiger partial charge in [-0.25, -0.2) is 0 Å². The molecular weight excluding hydrogens is 158 g/mol. The van der Waals surface area contributed by atoms with Crippen LogP contribution in [0.1, 0.15) is 12.6 Å². The predicted octanol–water partition coefficient (Wildman–Crippen LogP) is 3.27. The van der Waals surface area contributed by atoms with Gasteiger partial charge >= 0.3 is 0 Å². The van der Waals surface area contributed by atoms with Gasteiger partial charge in [0.1, 0.15) is 0 Å². The smallest absolute Gasteiger partial charge is 0.0632 e. The molecule has 0 saturated heterocycles. The second-order valence-electron chi connectivity index (χ2n) is 2.96. The number of pyridine rings is 1. The molecule has 0 fully saturated rings. The van der Waals surface area contributed by atoms with Crippen LogP contribution in [0.5, 0.6) is 0 Å². The highest BCUT2D eigenvalue weighted by Crippen LogP contribution is 2.13. The van der Waals surface area contributed by atoms with Crippen LogP contribution in [0.25, 0.3) is 16.8 Å². The summed E-state index contributed by atoms with van der Waals surface area (Å²) in [6, 6.07) is 10.3. The zero-order valence-electron chi connectivity index (χ0n) is 7.57. The molecule has 0 spiro atoms. The monoisotopic (exact) mass is 169 g/mol. The predicted molar refractivity (Wildman–Crippen MR) is 56.5 cm³/mol. The number of hydrogen-bond donors (Lipinski definition) is 0. The highest BCUT2D eigenvalue weighted by molar-refractivity contribution is 5.82. The molecule has 0 amide bonds. The molecule has 0 radical (unpaired) electrons. The highest BCUT2D eigenvalue weighted by Gasteiger charge is 1.92. The minimum atomic E-state index is 1.02. The van der Waals surface area contributed by atoms with Crippen molar-refractivity contribution >= 4 is 16.8 Å². The number of benzene rings is 1. The molecule has 1 heterocycles. The number of fused-ring (bicyclic) bond motifs is 1. The minimum absolute atomic E-state index is 1.02. The van der Waals surface area contributed by atoms with Gasteiger partial charge in [-0.05, 0) is 24.5 Å². The molecule has 1 aromatic carbocycles. The summed E-state index contributed by atoms with van der Waals surface area (Å²) in [4.78, 5) is 4.31. The van der Waals surface area contributed by atoms with Crippen LogP contribution in [-0.4, -0.2) is 4.98 Å². The van der Waals surface area contributed by atoms with Crippen molar-refractivity contribution in [3.8, 4) is 0 Å². The Hall–Kier alpha value is -1.63. The van der Waals surface area contributed by atoms with E-state index in [0.29, 0.717) is 0 Å². The van der Waals surface area contributed by atoms with Gasteiger partial charge < -0.3 is 0 Å². The molecule has 1 heteroatoms. The minimum Gasteiger partial charge on any atom is -0.256 e. The average molecular weight is 169 g/mol. The van der Waals surface area contributed by atoms with Crippen molar-refractivity contribution in [3.05, 3.63) is 48.3 Å². The first kappa shape index (κ1) is 7.99. The summed E-state index contributed by atoms with van der Waals surface area (Å²) in [5, 5.41) is 2.43. The van der Waals surface area contributed by atoms with Gasteiger partial charge in [-0.1, -0.05) is 30.3 Å². The number of aromatic nitrogens is 1. The molecule has 0 N–H and O–H groups in total. The van der Waals surface area contributed by atoms with Crippen LogP contribution in [0.15, 0.2) is 42.6 Å². The molecule has 0 aliphatic carbocycles. The number of hydrogen-bond acceptors (Lipinski definition) is 1. The quantitative estimate of drug-likeness (QED) is 0.638. The normalized spacial score (nSPS) is 11.2. The Morgan fingerprint density at radius 2 is 1.92 bits per heavy atom. The lowest BCUT2D eigenvalue weighted by molar-refractivity contribution is 1.32. The van der Waals surface area contributed by atoms with E-state index in [2.05, 4.69) is 23.2 Å². The van der Waals surface area contributed by atoms with Crippen LogP contribution >= 0.6 is 0 Å². The first-order chi connectivity index (χ1) is 6.40. The van der Waals surface area contributed by atoms with Crippen LogP contribution in [0.4, 0.5) is 0 Å². The first-order valence-electron chi connectivity index (χ1n) is 4.37. The molecule has 0 aliphatic heterocycles. The fourth-order valence-corrected chi connectivity index (χ4v) is 1.36. The summed E-state index contributed by atoms with van der Waals surface area (Å²) >= 11 is 0. The molecule has 64 valence electrons. The number of nitrogens with zero attached hydrogens (tertiary/aromatic N) is 1. The highest BCUT2D eigenvalue weighted by atomic mass is 14.7. The van der Waals surface area contributed by atoms with Gasteiger partial charge in [-0.2, -0.15) is 0 Å². The molecule has 0 aliphatic rings. The van der Waals surface area contributed by atoms with E-state index in [-0.39, 0.29) is 0 Å². The Morgan fingerprint density at radius 1 is 1.15 bits per heavy atom. The lowest BCUT2D eigenvalue weighted by Gasteiger charge is -1.97. The van der Waals surface area contributed by atoms with Crippen molar-refractivity contribution in [2.24, 2.45) is 0 Å². The number of rotatable bonds is 1. The van der Waals surface area contributed by atoms with Gasteiger partial charge in [0.15, 0.2) is 0 Å². The Bertz CT molecular complexity index is 444. The van der Waals surface area contributed by atoms with Crippen molar-refractivity contribution < 1.29 is 0 Å². The summed E-state index contributed by atoms with van der Waals surface area (Å²) in [6.45, 7) is 2.00. The topological polar surface area (TPSA) is 12.9 Å². The summed E-state index contributed by atoms with van der Waals surface area (Å²) < 4.78 is 0. The van der Waals surface area contributed by atoms with Gasteiger partial charge in [-0.3, -0.25) is 4.98 Å². The van der Waals surface area contributed by atoms with Crippen LogP contribution in [-0.2, 0) is 0 Å². The van der Waals surface area contributed by atoms with E-state index in [9.17, 15) is 0 Å². The van der Waals surface area contributed by atoms with Crippen LogP contribution in [0, 0.1) is 0 Å². The van der Waals surface area contributed by atoms with E-state index in [1.165, 1.54) is 10.8 Å². The molecule has 1 nitrogen and oxygen atoms in total. The fourth-order valence-electron chi connectivity index (χ4n) is 1.36. The van der Waals surface area contributed by atoms with Crippen molar-refractivity contribution in [2.75, 3.05) is 0 Å². The van der Waals surface area contributed by atoms with E-state index in [1.807, 2.05) is 37.4 Å². The molecular formula is C12H11N. The lowest BCUT2D eigenvalue weighted by atomic mass is 10.1. The van der Waals surface area contributed by atoms with E-state index in [0.717, 1.165) is 5.69 Å². The summed E-state index contributed by atoms with van der Waals surface area (Å²) in [5.74, 6) is 0. The third-order valence-electron chi connectivity index (χ3n) is 1.99. The van der Waals surface area contributed by atoms with Crippen LogP contribution in [0.3, 0.4) is 0 Å². The molecule has 13 heavy (non-hydrogen) atoms. The maximum atomic E-state index is 4.31. The van der Waals surface area contributed by atoms with Gasteiger partial charge in [-0.15, -0.1) is 0 Å². The number of allylic oxidation sites excluding steroid dienone is 1. The molecule has 0 atom stereocenters. The van der Waals surface area contributed by atoms with Gasteiger partial charge in [0, 0.05) is 11.6 Å². The molecule has 0 bridgehead atoms. The largest absolute Gasteiger partial charge is 0.256 e. The Labute approximate surface area is 77.7 Å². The Balaban J connectivity index is 2.62. The van der Waals surface area contributed by atoms with Crippen molar-refractivity contribution in [2.45, 2.75) is 6.92 Å². The SMILES string of the molecule is C/C=C/c1cc2ccccc2cn1. The summed E-state index contributed by atoms with van der Waals surface area (Å²) in [5.41, 5.74) is 1.02. The van der Waals surface area contributed by atoms with Crippen molar-refractivity contribution in [1.82, 2.24) is 4.98 Å². The van der Waals surface area contributed by atoms with E-state index in [4.69, 9.17) is 0 Å². The molecule has 1 aromatic heterocycles. The molecule has 2 rings (SSSR count). The first-order valence-corrected chi connectivity index (χ1v) is 4.37. The average Bonchev–Trinajstić information content (AvgIpc) is 2.18. The zero-order chi connectivity index (χ0) is 9.10. The van der Waals surface area contributed by atoms with Gasteiger partial charge in [0.25, 0.3) is 0 Å². The summed E-state index contributed by atoms with van der Waals surface area (Å²) in [7, 11) is 0. The zero-order valence-corrected chi connectivity index (χ0v) is 7.57. The second kappa shape index (κ2) is 3.40. The molecule has 2 aromatic rings. The molecule has 0 unspecified atom stereocenters. The second-order valence-corrected chi connectivity index (χ2v) is 2.96. The summed E-state index contributed by atoms with van der Waals surface area (Å²) in [6.07, 6.45) is 5.91. The van der Waals surface area contributed by atoms with Crippen molar-refractivity contribution in [3.63, 3.8) is 0 Å². The molecule has 0 saturated carbocycles. The van der Waals surface area contributed by atoms with E-state index >= 15 is 0 Å². The van der Waals surface area contributed by atoms with Crippen LogP contribution in [0.2, 0.25) is 0 Å². The maximum absolute atomic E-state index is 4.31. The standard InChI is InChI=1S/C12H11N/c1-2-5-12-8-10-6-3-4-7-11(10)9-13-12/h2-9H,1H3/b5-2+. The maximum Gasteiger partial charge on any atom is 0.0632 e. The fraction of sp³-hybridized carbons (Fsp3) is 0.0833. The van der Waals surface area contributed by atoms with Crippen molar-refractivity contribution in [1.29, 1.82) is 0 Å². The lowest BCUT2D eigenvalue weighted by Crippen LogP contribution is -1.80.